The molecule has 20 heteroatoms. The van der Waals surface area contributed by atoms with E-state index in [-0.39, 0.29) is 60.4 Å². The molecule has 5 aromatic carbocycles. The third-order valence-electron chi connectivity index (χ3n) is 20.3. The van der Waals surface area contributed by atoms with Gasteiger partial charge in [-0.2, -0.15) is 0 Å². The third kappa shape index (κ3) is 21.7. The van der Waals surface area contributed by atoms with E-state index in [9.17, 15) is 29.1 Å². The van der Waals surface area contributed by atoms with E-state index in [0.717, 1.165) is 167 Å². The second-order valence-corrected chi connectivity index (χ2v) is 31.7. The Kier molecular flexibility index (Phi) is 27.3. The van der Waals surface area contributed by atoms with E-state index in [1.54, 1.807) is 11.3 Å². The van der Waals surface area contributed by atoms with Crippen LogP contribution in [0.15, 0.2) is 137 Å². The molecule has 1 unspecified atom stereocenters. The summed E-state index contributed by atoms with van der Waals surface area (Å²) in [5.74, 6) is -0.0361. The van der Waals surface area contributed by atoms with Crippen molar-refractivity contribution in [3.05, 3.63) is 171 Å². The second kappa shape index (κ2) is 36.2. The zero-order valence-electron chi connectivity index (χ0n) is 59.7. The number of halogens is 1. The molecular weight excluding hydrogens is 1310 g/mol. The lowest BCUT2D eigenvalue weighted by atomic mass is 9.71. The molecule has 6 atom stereocenters. The summed E-state index contributed by atoms with van der Waals surface area (Å²) in [4.78, 5) is 84.1. The molecule has 3 fully saturated rings. The molecule has 0 radical (unpaired) electrons. The van der Waals surface area contributed by atoms with Crippen molar-refractivity contribution in [2.75, 3.05) is 94.6 Å². The number of unbranched alkanes of at least 4 members (excludes halogenated alkanes) is 4. The molecule has 3 aliphatic heterocycles. The van der Waals surface area contributed by atoms with Crippen LogP contribution in [0, 0.1) is 24.7 Å². The van der Waals surface area contributed by atoms with Gasteiger partial charge in [-0.3, -0.25) is 33.8 Å². The number of aryl methyl sites for hydroxylation is 2. The highest BCUT2D eigenvalue weighted by Gasteiger charge is 2.45. The van der Waals surface area contributed by atoms with Gasteiger partial charge in [0.1, 0.15) is 12.1 Å². The van der Waals surface area contributed by atoms with Gasteiger partial charge in [-0.05, 0) is 158 Å². The number of amides is 5. The number of carbonyl (C=O) groups is 5. The Labute approximate surface area is 606 Å². The molecule has 4 heterocycles. The first-order chi connectivity index (χ1) is 48.1. The molecule has 6 aromatic rings. The Morgan fingerprint density at radius 1 is 0.790 bits per heavy atom. The number of hydrogen-bond acceptors (Lipinski definition) is 14. The van der Waals surface area contributed by atoms with E-state index < -0.39 is 23.6 Å². The summed E-state index contributed by atoms with van der Waals surface area (Å²) in [6.07, 6.45) is 7.66. The molecule has 0 saturated carbocycles. The van der Waals surface area contributed by atoms with Gasteiger partial charge >= 0.3 is 0 Å². The number of ether oxygens (including phenoxy) is 1. The molecule has 1 aliphatic carbocycles. The number of morpholine rings is 1. The van der Waals surface area contributed by atoms with Crippen LogP contribution in [0.3, 0.4) is 0 Å². The normalized spacial score (nSPS) is 19.4. The SMILES string of the molecule is Cc1cc(CNC(=O)c2ccc(N3CCN(CC4=C(c5ccc(Cl)cc5)CCC(C)(CNC(=O)CCCCCCCC(=O)N[C@H](C(=O)N5C[C@H](O)C[C@H]5C(=O)N[C@@H](C)c5ccc(-c6scnc6C)cc5)C(C)(C)C)C4)CC3)cc2)ccc1N[C@H](CCN1CCOCC1)CSc1ccccc1. The molecule has 10 rings (SSSR count). The van der Waals surface area contributed by atoms with Crippen LogP contribution in [-0.2, 0) is 30.5 Å². The highest BCUT2D eigenvalue weighted by atomic mass is 35.5. The van der Waals surface area contributed by atoms with Gasteiger partial charge in [-0.25, -0.2) is 4.98 Å². The van der Waals surface area contributed by atoms with Crippen molar-refractivity contribution in [2.45, 2.75) is 167 Å². The Morgan fingerprint density at radius 2 is 1.48 bits per heavy atom. The number of thiazole rings is 1. The lowest BCUT2D eigenvalue weighted by Gasteiger charge is -2.41. The smallest absolute Gasteiger partial charge is 0.251 e. The maximum Gasteiger partial charge on any atom is 0.251 e. The standard InChI is InChI=1S/C80H105ClN10O7S2/c1-55-46-58(20-33-70(55)86-65(35-37-88-42-44-98-45-43-88)52-99-68-16-12-11-13-17-68)49-82-76(95)62-27-31-66(32-28-62)90-40-38-89(39-41-90)50-63-48-80(7,36-34-69(63)60-25-29-64(81)30-26-60)53-83-72(93)18-14-9-8-10-15-19-73(94)87-75(79(4,5)6)78(97)91-51-67(92)47-71(91)77(96)85-56(2)59-21-23-61(24-22-59)74-57(3)84-54-100-74/h11-13,16-17,20-33,46,54,56,65,67,71,75,86,92H,8-10,14-15,18-19,34-45,47-53H2,1-7H3,(H,82,95)(H,83,93)(H,85,96)(H,87,94)/t56-,65+,67+,71-,75+,80?/m0/s1. The number of rotatable bonds is 31. The summed E-state index contributed by atoms with van der Waals surface area (Å²) < 4.78 is 5.60. The number of benzene rings is 5. The quantitative estimate of drug-likeness (QED) is 0.0178. The average molecular weight is 1420 g/mol. The Balaban J connectivity index is 0.629. The van der Waals surface area contributed by atoms with Crippen LogP contribution in [0.2, 0.25) is 5.02 Å². The Bertz CT molecular complexity index is 3700. The van der Waals surface area contributed by atoms with E-state index in [2.05, 4.69) is 133 Å². The summed E-state index contributed by atoms with van der Waals surface area (Å²) in [5.41, 5.74) is 13.1. The first-order valence-electron chi connectivity index (χ1n) is 36.2. The van der Waals surface area contributed by atoms with Crippen molar-refractivity contribution in [3.63, 3.8) is 0 Å². The van der Waals surface area contributed by atoms with E-state index in [1.807, 2.05) is 100 Å². The van der Waals surface area contributed by atoms with Gasteiger partial charge in [-0.15, -0.1) is 23.1 Å². The van der Waals surface area contributed by atoms with Crippen LogP contribution < -0.4 is 31.5 Å². The van der Waals surface area contributed by atoms with Crippen LogP contribution in [-0.4, -0.2) is 163 Å². The fraction of sp³-hybridized carbons (Fsp3) is 0.500. The predicted octanol–water partition coefficient (Wildman–Crippen LogP) is 13.3. The number of aliphatic hydroxyl groups is 1. The fourth-order valence-electron chi connectivity index (χ4n) is 14.2. The topological polar surface area (TPSA) is 201 Å². The maximum absolute atomic E-state index is 14.3. The molecule has 1 aromatic heterocycles. The number of aliphatic hydroxyl groups excluding tert-OH is 1. The van der Waals surface area contributed by atoms with Gasteiger partial charge in [0.25, 0.3) is 5.91 Å². The summed E-state index contributed by atoms with van der Waals surface area (Å²) in [5, 5.41) is 27.9. The maximum atomic E-state index is 14.3. The molecule has 3 saturated heterocycles. The third-order valence-corrected chi connectivity index (χ3v) is 22.7. The van der Waals surface area contributed by atoms with Crippen LogP contribution in [0.5, 0.6) is 0 Å². The van der Waals surface area contributed by atoms with Crippen molar-refractivity contribution in [1.82, 2.24) is 41.0 Å². The molecule has 6 N–H and O–H groups in total. The molecule has 4 aliphatic rings. The van der Waals surface area contributed by atoms with E-state index >= 15 is 0 Å². The fourth-order valence-corrected chi connectivity index (χ4v) is 16.1. The van der Waals surface area contributed by atoms with Crippen molar-refractivity contribution in [1.29, 1.82) is 0 Å². The van der Waals surface area contributed by atoms with Gasteiger partial charge in [0, 0.05) is 130 Å². The van der Waals surface area contributed by atoms with Gasteiger partial charge in [0.15, 0.2) is 0 Å². The van der Waals surface area contributed by atoms with Gasteiger partial charge in [0.2, 0.25) is 23.6 Å². The van der Waals surface area contributed by atoms with Crippen molar-refractivity contribution in [3.8, 4) is 10.4 Å². The highest BCUT2D eigenvalue weighted by molar-refractivity contribution is 7.99. The lowest BCUT2D eigenvalue weighted by Crippen LogP contribution is -2.57. The minimum absolute atomic E-state index is 0.00727. The van der Waals surface area contributed by atoms with Crippen LogP contribution in [0.4, 0.5) is 11.4 Å². The van der Waals surface area contributed by atoms with E-state index in [4.69, 9.17) is 16.3 Å². The van der Waals surface area contributed by atoms with Crippen molar-refractivity contribution < 1.29 is 33.8 Å². The molecule has 0 bridgehead atoms. The van der Waals surface area contributed by atoms with Crippen molar-refractivity contribution >= 4 is 81.2 Å². The molecule has 0 spiro atoms. The second-order valence-electron chi connectivity index (χ2n) is 29.4. The summed E-state index contributed by atoms with van der Waals surface area (Å²) in [6, 6.07) is 39.4. The van der Waals surface area contributed by atoms with Crippen LogP contribution in [0.25, 0.3) is 16.0 Å². The lowest BCUT2D eigenvalue weighted by molar-refractivity contribution is -0.144. The Hall–Kier alpha value is -7.10. The van der Waals surface area contributed by atoms with Crippen LogP contribution in [0.1, 0.15) is 156 Å². The first kappa shape index (κ1) is 75.6. The number of aromatic nitrogens is 1. The Morgan fingerprint density at radius 3 is 2.16 bits per heavy atom. The zero-order valence-corrected chi connectivity index (χ0v) is 62.1. The number of allylic oxidation sites excluding steroid dienone is 1. The van der Waals surface area contributed by atoms with Gasteiger partial charge in [0.05, 0.1) is 41.4 Å². The molecule has 536 valence electrons. The number of nitrogens with zero attached hydrogens (tertiary/aromatic N) is 5. The number of hydrogen-bond donors (Lipinski definition) is 6. The first-order valence-corrected chi connectivity index (χ1v) is 38.4. The minimum Gasteiger partial charge on any atom is -0.391 e. The zero-order chi connectivity index (χ0) is 70.8. The average Bonchev–Trinajstić information content (AvgIpc) is 1.33. The molecule has 5 amide bonds. The van der Waals surface area contributed by atoms with Crippen LogP contribution >= 0.6 is 34.7 Å². The summed E-state index contributed by atoms with van der Waals surface area (Å²) in [6.45, 7) is 24.0. The number of likely N-dealkylation sites (tertiary alicyclic amines) is 1. The molecule has 17 nitrogen and oxygen atoms in total. The largest absolute Gasteiger partial charge is 0.391 e. The number of piperazine rings is 1. The number of thioether (sulfide) groups is 1. The number of carbonyl (C=O) groups excluding carboxylic acids is 5. The summed E-state index contributed by atoms with van der Waals surface area (Å²) in [7, 11) is 0. The number of β-amino-alcohol motifs (C(OH)–C–C–N with tert-alkyl or cyclic N) is 1. The monoisotopic (exact) mass is 1420 g/mol. The predicted molar refractivity (Wildman–Crippen MR) is 406 cm³/mol. The van der Waals surface area contributed by atoms with Crippen molar-refractivity contribution in [2.24, 2.45) is 10.8 Å². The minimum atomic E-state index is -0.895. The van der Waals surface area contributed by atoms with E-state index in [1.165, 1.54) is 26.5 Å². The molecule has 100 heavy (non-hydrogen) atoms. The summed E-state index contributed by atoms with van der Waals surface area (Å²) >= 11 is 9.86. The van der Waals surface area contributed by atoms with Gasteiger partial charge < -0.3 is 46.2 Å². The number of nitrogens with one attached hydrogen (secondary N) is 5. The van der Waals surface area contributed by atoms with E-state index in [0.29, 0.717) is 42.6 Å². The number of anilines is 2. The van der Waals surface area contributed by atoms with Gasteiger partial charge in [-0.1, -0.05) is 131 Å². The molecular formula is C80H105ClN10O7S2. The highest BCUT2D eigenvalue weighted by Crippen LogP contribution is 2.43.